The predicted molar refractivity (Wildman–Crippen MR) is 78.7 cm³/mol. The van der Waals surface area contributed by atoms with Gasteiger partial charge in [0.05, 0.1) is 6.54 Å². The van der Waals surface area contributed by atoms with Crippen LogP contribution in [0.5, 0.6) is 0 Å². The summed E-state index contributed by atoms with van der Waals surface area (Å²) in [6, 6.07) is 0.385. The number of aryl methyl sites for hydroxylation is 2. The van der Waals surface area contributed by atoms with Gasteiger partial charge in [-0.15, -0.1) is 0 Å². The van der Waals surface area contributed by atoms with Crippen LogP contribution in [0.3, 0.4) is 0 Å². The fourth-order valence-corrected chi connectivity index (χ4v) is 2.74. The largest absolute Gasteiger partial charge is 0.356 e. The highest BCUT2D eigenvalue weighted by molar-refractivity contribution is 5.79. The van der Waals surface area contributed by atoms with Crippen molar-refractivity contribution in [3.8, 4) is 0 Å². The maximum atomic E-state index is 4.44. The molecule has 2 heterocycles. The fraction of sp³-hybridized carbons (Fsp3) is 0.786. The first kappa shape index (κ1) is 13.4. The Kier molecular flexibility index (Phi) is 3.89. The number of aromatic nitrogens is 3. The lowest BCUT2D eigenvalue weighted by molar-refractivity contribution is 0.392. The van der Waals surface area contributed by atoms with Gasteiger partial charge in [0.15, 0.2) is 5.96 Å². The van der Waals surface area contributed by atoms with Crippen molar-refractivity contribution in [3.63, 3.8) is 0 Å². The molecule has 0 amide bonds. The summed E-state index contributed by atoms with van der Waals surface area (Å²) in [5.74, 6) is 3.84. The molecule has 1 unspecified atom stereocenters. The van der Waals surface area contributed by atoms with Gasteiger partial charge in [0.2, 0.25) is 0 Å². The van der Waals surface area contributed by atoms with E-state index >= 15 is 0 Å². The van der Waals surface area contributed by atoms with E-state index in [1.54, 1.807) is 0 Å². The average Bonchev–Trinajstić information content (AvgIpc) is 3.17. The van der Waals surface area contributed by atoms with E-state index in [2.05, 4.69) is 25.7 Å². The Morgan fingerprint density at radius 1 is 1.40 bits per heavy atom. The number of guanidine groups is 1. The second-order valence-corrected chi connectivity index (χ2v) is 5.87. The van der Waals surface area contributed by atoms with Crippen LogP contribution in [0, 0.1) is 12.8 Å². The van der Waals surface area contributed by atoms with Gasteiger partial charge in [-0.3, -0.25) is 4.99 Å². The topological polar surface area (TPSA) is 67.1 Å². The molecule has 1 fully saturated rings. The summed E-state index contributed by atoms with van der Waals surface area (Å²) < 4.78 is 2.02. The van der Waals surface area contributed by atoms with Gasteiger partial charge in [0, 0.05) is 26.1 Å². The van der Waals surface area contributed by atoms with Gasteiger partial charge < -0.3 is 10.6 Å². The third kappa shape index (κ3) is 3.29. The van der Waals surface area contributed by atoms with Crippen molar-refractivity contribution in [1.82, 2.24) is 25.4 Å². The normalized spacial score (nSPS) is 22.5. The molecule has 0 radical (unpaired) electrons. The van der Waals surface area contributed by atoms with Crippen molar-refractivity contribution >= 4 is 5.96 Å². The average molecular weight is 276 g/mol. The minimum Gasteiger partial charge on any atom is -0.356 e. The van der Waals surface area contributed by atoms with E-state index in [4.69, 9.17) is 0 Å². The second-order valence-electron chi connectivity index (χ2n) is 5.87. The van der Waals surface area contributed by atoms with Gasteiger partial charge in [-0.1, -0.05) is 12.8 Å². The first-order valence-electron chi connectivity index (χ1n) is 7.62. The lowest BCUT2D eigenvalue weighted by Crippen LogP contribution is -2.47. The number of rotatable bonds is 4. The first-order valence-corrected chi connectivity index (χ1v) is 7.62. The van der Waals surface area contributed by atoms with E-state index in [1.807, 2.05) is 18.7 Å². The fourth-order valence-electron chi connectivity index (χ4n) is 2.74. The summed E-state index contributed by atoms with van der Waals surface area (Å²) in [6.07, 6.45) is 6.15. The van der Waals surface area contributed by atoms with Gasteiger partial charge in [-0.05, 0) is 25.7 Å². The van der Waals surface area contributed by atoms with Crippen molar-refractivity contribution in [1.29, 1.82) is 0 Å². The van der Waals surface area contributed by atoms with Crippen LogP contribution >= 0.6 is 0 Å². The predicted octanol–water partition coefficient (Wildman–Crippen LogP) is 0.866. The van der Waals surface area contributed by atoms with E-state index in [0.29, 0.717) is 6.04 Å². The van der Waals surface area contributed by atoms with E-state index < -0.39 is 0 Å². The van der Waals surface area contributed by atoms with Gasteiger partial charge in [-0.2, -0.15) is 5.10 Å². The Morgan fingerprint density at radius 3 is 3.00 bits per heavy atom. The van der Waals surface area contributed by atoms with Crippen LogP contribution in [0.25, 0.3) is 0 Å². The van der Waals surface area contributed by atoms with Crippen LogP contribution in [0.4, 0.5) is 0 Å². The number of nitrogens with one attached hydrogen (secondary N) is 2. The zero-order valence-electron chi connectivity index (χ0n) is 12.4. The van der Waals surface area contributed by atoms with Crippen molar-refractivity contribution in [2.45, 2.75) is 51.6 Å². The van der Waals surface area contributed by atoms with Gasteiger partial charge in [0.1, 0.15) is 11.6 Å². The Balaban J connectivity index is 1.49. The quantitative estimate of drug-likeness (QED) is 0.632. The van der Waals surface area contributed by atoms with Gasteiger partial charge >= 0.3 is 0 Å². The third-order valence-electron chi connectivity index (χ3n) is 4.07. The minimum atomic E-state index is 0.385. The molecule has 20 heavy (non-hydrogen) atoms. The highest BCUT2D eigenvalue weighted by Crippen LogP contribution is 2.31. The van der Waals surface area contributed by atoms with Crippen LogP contribution in [-0.2, 0) is 13.0 Å². The lowest BCUT2D eigenvalue weighted by atomic mass is 10.1. The molecule has 1 aliphatic heterocycles. The van der Waals surface area contributed by atoms with E-state index in [0.717, 1.165) is 49.5 Å². The lowest BCUT2D eigenvalue weighted by Gasteiger charge is -2.25. The number of nitrogens with zero attached hydrogens (tertiary/aromatic N) is 4. The second kappa shape index (κ2) is 5.81. The smallest absolute Gasteiger partial charge is 0.191 e. The Morgan fingerprint density at radius 2 is 2.25 bits per heavy atom. The molecule has 2 aliphatic rings. The monoisotopic (exact) mass is 276 g/mol. The molecule has 1 aromatic rings. The van der Waals surface area contributed by atoms with Crippen LogP contribution in [0.2, 0.25) is 0 Å². The Labute approximate surface area is 120 Å². The Bertz CT molecular complexity index is 488. The number of hydrogen-bond donors (Lipinski definition) is 2. The molecular formula is C14H24N6. The van der Waals surface area contributed by atoms with Crippen molar-refractivity contribution in [3.05, 3.63) is 11.6 Å². The third-order valence-corrected chi connectivity index (χ3v) is 4.07. The van der Waals surface area contributed by atoms with Crippen LogP contribution in [0.15, 0.2) is 4.99 Å². The molecule has 6 heteroatoms. The summed E-state index contributed by atoms with van der Waals surface area (Å²) in [6.45, 7) is 3.84. The standard InChI is InChI=1S/C14H24N6/c1-10-17-13-6-5-12(9-20(13)19-10)18-14(15-2)16-8-7-11-3-4-11/h11-12H,3-9H2,1-2H3,(H2,15,16,18). The van der Waals surface area contributed by atoms with E-state index in [9.17, 15) is 0 Å². The minimum absolute atomic E-state index is 0.385. The van der Waals surface area contributed by atoms with Gasteiger partial charge in [0.25, 0.3) is 0 Å². The molecule has 0 spiro atoms. The molecule has 0 saturated heterocycles. The van der Waals surface area contributed by atoms with Crippen molar-refractivity contribution < 1.29 is 0 Å². The number of aliphatic imine (C=N–C) groups is 1. The highest BCUT2D eigenvalue weighted by atomic mass is 15.4. The highest BCUT2D eigenvalue weighted by Gasteiger charge is 2.22. The molecule has 0 aromatic carbocycles. The summed E-state index contributed by atoms with van der Waals surface area (Å²) in [5, 5.41) is 11.3. The van der Waals surface area contributed by atoms with Crippen molar-refractivity contribution in [2.24, 2.45) is 10.9 Å². The van der Waals surface area contributed by atoms with Crippen molar-refractivity contribution in [2.75, 3.05) is 13.6 Å². The zero-order valence-corrected chi connectivity index (χ0v) is 12.4. The molecular weight excluding hydrogens is 252 g/mol. The molecule has 2 N–H and O–H groups in total. The summed E-state index contributed by atoms with van der Waals surface area (Å²) in [5.41, 5.74) is 0. The van der Waals surface area contributed by atoms with E-state index in [-0.39, 0.29) is 0 Å². The maximum Gasteiger partial charge on any atom is 0.191 e. The van der Waals surface area contributed by atoms with Crippen LogP contribution in [-0.4, -0.2) is 40.4 Å². The molecule has 6 nitrogen and oxygen atoms in total. The molecule has 1 atom stereocenters. The summed E-state index contributed by atoms with van der Waals surface area (Å²) in [7, 11) is 1.83. The van der Waals surface area contributed by atoms with Crippen LogP contribution < -0.4 is 10.6 Å². The molecule has 1 saturated carbocycles. The summed E-state index contributed by atoms with van der Waals surface area (Å²) >= 11 is 0. The molecule has 1 aromatic heterocycles. The molecule has 0 bridgehead atoms. The number of hydrogen-bond acceptors (Lipinski definition) is 3. The molecule has 3 rings (SSSR count). The zero-order chi connectivity index (χ0) is 13.9. The molecule has 1 aliphatic carbocycles. The van der Waals surface area contributed by atoms with Crippen LogP contribution in [0.1, 0.15) is 37.3 Å². The SMILES string of the molecule is CN=C(NCCC1CC1)NC1CCc2nc(C)nn2C1. The molecule has 110 valence electrons. The maximum absolute atomic E-state index is 4.44. The first-order chi connectivity index (χ1) is 9.74. The number of fused-ring (bicyclic) bond motifs is 1. The van der Waals surface area contributed by atoms with Gasteiger partial charge in [-0.25, -0.2) is 9.67 Å². The summed E-state index contributed by atoms with van der Waals surface area (Å²) in [4.78, 5) is 8.75. The Hall–Kier alpha value is -1.59. The van der Waals surface area contributed by atoms with E-state index in [1.165, 1.54) is 19.3 Å².